The second kappa shape index (κ2) is 9.22. The lowest BCUT2D eigenvalue weighted by molar-refractivity contribution is 0.0734. The van der Waals surface area contributed by atoms with Gasteiger partial charge in [0.2, 0.25) is 5.75 Å². The van der Waals surface area contributed by atoms with Crippen LogP contribution in [0, 0.1) is 0 Å². The summed E-state index contributed by atoms with van der Waals surface area (Å²) in [5.41, 5.74) is 1.76. The van der Waals surface area contributed by atoms with Crippen LogP contribution in [0.25, 0.3) is 17.1 Å². The molecule has 1 heterocycles. The van der Waals surface area contributed by atoms with Crippen LogP contribution in [0.15, 0.2) is 73.1 Å². The SMILES string of the molecule is COc1cc(C(=O)Oc2ccccc2-c2nncn2-c2ccccc2)cc(OC)c1OC. The summed E-state index contributed by atoms with van der Waals surface area (Å²) < 4.78 is 23.6. The Labute approximate surface area is 185 Å². The van der Waals surface area contributed by atoms with E-state index in [1.54, 1.807) is 30.6 Å². The molecule has 0 unspecified atom stereocenters. The van der Waals surface area contributed by atoms with E-state index in [0.29, 0.717) is 34.4 Å². The number of rotatable bonds is 7. The van der Waals surface area contributed by atoms with Crippen molar-refractivity contribution >= 4 is 5.97 Å². The summed E-state index contributed by atoms with van der Waals surface area (Å²) in [6.07, 6.45) is 1.61. The van der Waals surface area contributed by atoms with Gasteiger partial charge in [0.1, 0.15) is 12.1 Å². The van der Waals surface area contributed by atoms with Crippen molar-refractivity contribution in [3.63, 3.8) is 0 Å². The Morgan fingerprint density at radius 1 is 0.812 bits per heavy atom. The Balaban J connectivity index is 1.70. The van der Waals surface area contributed by atoms with E-state index in [1.807, 2.05) is 47.0 Å². The Kier molecular flexibility index (Phi) is 6.03. The highest BCUT2D eigenvalue weighted by atomic mass is 16.5. The summed E-state index contributed by atoms with van der Waals surface area (Å²) in [5.74, 6) is 1.41. The Hall–Kier alpha value is -4.33. The van der Waals surface area contributed by atoms with Gasteiger partial charge in [0.05, 0.1) is 32.5 Å². The maximum Gasteiger partial charge on any atom is 0.343 e. The molecule has 0 atom stereocenters. The third-order valence-corrected chi connectivity index (χ3v) is 4.81. The lowest BCUT2D eigenvalue weighted by atomic mass is 10.1. The first-order chi connectivity index (χ1) is 15.7. The topological polar surface area (TPSA) is 84.7 Å². The van der Waals surface area contributed by atoms with Gasteiger partial charge in [-0.15, -0.1) is 10.2 Å². The zero-order valence-electron chi connectivity index (χ0n) is 17.8. The molecule has 0 aliphatic heterocycles. The highest BCUT2D eigenvalue weighted by molar-refractivity contribution is 5.93. The summed E-state index contributed by atoms with van der Waals surface area (Å²) in [6.45, 7) is 0. The number of hydrogen-bond acceptors (Lipinski definition) is 7. The molecule has 0 saturated heterocycles. The zero-order valence-corrected chi connectivity index (χ0v) is 17.8. The van der Waals surface area contributed by atoms with Crippen LogP contribution in [0.4, 0.5) is 0 Å². The van der Waals surface area contributed by atoms with Gasteiger partial charge in [-0.25, -0.2) is 4.79 Å². The molecule has 0 spiro atoms. The highest BCUT2D eigenvalue weighted by Crippen LogP contribution is 2.39. The molecule has 0 radical (unpaired) electrons. The lowest BCUT2D eigenvalue weighted by Gasteiger charge is -2.14. The fourth-order valence-corrected chi connectivity index (χ4v) is 3.29. The van der Waals surface area contributed by atoms with Gasteiger partial charge < -0.3 is 18.9 Å². The highest BCUT2D eigenvalue weighted by Gasteiger charge is 2.21. The van der Waals surface area contributed by atoms with Crippen molar-refractivity contribution in [3.8, 4) is 40.1 Å². The van der Waals surface area contributed by atoms with E-state index in [9.17, 15) is 4.79 Å². The van der Waals surface area contributed by atoms with Gasteiger partial charge in [-0.1, -0.05) is 30.3 Å². The molecule has 0 fully saturated rings. The van der Waals surface area contributed by atoms with Gasteiger partial charge in [0.25, 0.3) is 0 Å². The fraction of sp³-hybridized carbons (Fsp3) is 0.125. The monoisotopic (exact) mass is 431 g/mol. The van der Waals surface area contributed by atoms with E-state index in [2.05, 4.69) is 10.2 Å². The molecule has 4 rings (SSSR count). The van der Waals surface area contributed by atoms with Crippen molar-refractivity contribution in [2.24, 2.45) is 0 Å². The van der Waals surface area contributed by atoms with Crippen LogP contribution in [0.5, 0.6) is 23.0 Å². The summed E-state index contributed by atoms with van der Waals surface area (Å²) in [4.78, 5) is 13.0. The molecule has 0 saturated carbocycles. The van der Waals surface area contributed by atoms with Crippen molar-refractivity contribution in [2.75, 3.05) is 21.3 Å². The van der Waals surface area contributed by atoms with Crippen LogP contribution in [0.3, 0.4) is 0 Å². The van der Waals surface area contributed by atoms with Gasteiger partial charge in [0.15, 0.2) is 17.3 Å². The van der Waals surface area contributed by atoms with E-state index in [0.717, 1.165) is 5.69 Å². The number of aromatic nitrogens is 3. The summed E-state index contributed by atoms with van der Waals surface area (Å²) >= 11 is 0. The summed E-state index contributed by atoms with van der Waals surface area (Å²) in [7, 11) is 4.47. The van der Waals surface area contributed by atoms with Gasteiger partial charge in [-0.3, -0.25) is 4.57 Å². The average molecular weight is 431 g/mol. The van der Waals surface area contributed by atoms with Crippen molar-refractivity contribution in [2.45, 2.75) is 0 Å². The van der Waals surface area contributed by atoms with Crippen LogP contribution < -0.4 is 18.9 Å². The first-order valence-corrected chi connectivity index (χ1v) is 9.73. The second-order valence-electron chi connectivity index (χ2n) is 6.66. The van der Waals surface area contributed by atoms with Crippen LogP contribution >= 0.6 is 0 Å². The van der Waals surface area contributed by atoms with Gasteiger partial charge >= 0.3 is 5.97 Å². The van der Waals surface area contributed by atoms with E-state index in [1.165, 1.54) is 21.3 Å². The predicted molar refractivity (Wildman–Crippen MR) is 118 cm³/mol. The van der Waals surface area contributed by atoms with E-state index >= 15 is 0 Å². The molecule has 4 aromatic rings. The average Bonchev–Trinajstić information content (AvgIpc) is 3.33. The lowest BCUT2D eigenvalue weighted by Crippen LogP contribution is -2.11. The molecule has 32 heavy (non-hydrogen) atoms. The number of hydrogen-bond donors (Lipinski definition) is 0. The number of carbonyl (C=O) groups excluding carboxylic acids is 1. The molecular formula is C24H21N3O5. The molecule has 0 bridgehead atoms. The largest absolute Gasteiger partial charge is 0.493 e. The maximum atomic E-state index is 13.0. The molecule has 1 aromatic heterocycles. The van der Waals surface area contributed by atoms with Crippen LogP contribution in [0.2, 0.25) is 0 Å². The van der Waals surface area contributed by atoms with Crippen molar-refractivity contribution in [1.82, 2.24) is 14.8 Å². The van der Waals surface area contributed by atoms with Gasteiger partial charge in [0, 0.05) is 5.69 Å². The number of ether oxygens (including phenoxy) is 4. The van der Waals surface area contributed by atoms with Gasteiger partial charge in [-0.05, 0) is 36.4 Å². The molecular weight excluding hydrogens is 410 g/mol. The minimum atomic E-state index is -0.581. The summed E-state index contributed by atoms with van der Waals surface area (Å²) in [5, 5.41) is 8.29. The Morgan fingerprint density at radius 2 is 1.47 bits per heavy atom. The quantitative estimate of drug-likeness (QED) is 0.321. The Morgan fingerprint density at radius 3 is 2.12 bits per heavy atom. The van der Waals surface area contributed by atoms with E-state index < -0.39 is 5.97 Å². The molecule has 0 amide bonds. The second-order valence-corrected chi connectivity index (χ2v) is 6.66. The standard InChI is InChI=1S/C24H21N3O5/c1-29-20-13-16(14-21(30-2)22(20)31-3)24(28)32-19-12-8-7-11-18(19)23-26-25-15-27(23)17-9-5-4-6-10-17/h4-15H,1-3H3. The molecule has 3 aromatic carbocycles. The smallest absolute Gasteiger partial charge is 0.343 e. The number of esters is 1. The predicted octanol–water partition coefficient (Wildman–Crippen LogP) is 4.18. The van der Waals surface area contributed by atoms with Gasteiger partial charge in [-0.2, -0.15) is 0 Å². The number of methoxy groups -OCH3 is 3. The first-order valence-electron chi connectivity index (χ1n) is 9.73. The van der Waals surface area contributed by atoms with Crippen molar-refractivity contribution in [3.05, 3.63) is 78.6 Å². The van der Waals surface area contributed by atoms with Crippen LogP contribution in [-0.2, 0) is 0 Å². The minimum Gasteiger partial charge on any atom is -0.493 e. The Bertz CT molecular complexity index is 1210. The van der Waals surface area contributed by atoms with E-state index in [-0.39, 0.29) is 5.56 Å². The molecule has 0 aliphatic carbocycles. The fourth-order valence-electron chi connectivity index (χ4n) is 3.29. The number of nitrogens with zero attached hydrogens (tertiary/aromatic N) is 3. The van der Waals surface area contributed by atoms with Crippen LogP contribution in [-0.4, -0.2) is 42.1 Å². The van der Waals surface area contributed by atoms with Crippen molar-refractivity contribution in [1.29, 1.82) is 0 Å². The first kappa shape index (κ1) is 20.9. The van der Waals surface area contributed by atoms with Crippen molar-refractivity contribution < 1.29 is 23.7 Å². The minimum absolute atomic E-state index is 0.249. The van der Waals surface area contributed by atoms with Crippen LogP contribution in [0.1, 0.15) is 10.4 Å². The third kappa shape index (κ3) is 3.98. The normalized spacial score (nSPS) is 10.5. The van der Waals surface area contributed by atoms with E-state index in [4.69, 9.17) is 18.9 Å². The third-order valence-electron chi connectivity index (χ3n) is 4.81. The molecule has 0 N–H and O–H groups in total. The summed E-state index contributed by atoms with van der Waals surface area (Å²) in [6, 6.07) is 19.9. The number of benzene rings is 3. The number of para-hydroxylation sites is 2. The molecule has 162 valence electrons. The molecule has 8 heteroatoms. The molecule has 0 aliphatic rings. The zero-order chi connectivity index (χ0) is 22.5. The molecule has 8 nitrogen and oxygen atoms in total. The number of carbonyl (C=O) groups is 1. The maximum absolute atomic E-state index is 13.0.